The summed E-state index contributed by atoms with van der Waals surface area (Å²) in [5, 5.41) is 12.3. The van der Waals surface area contributed by atoms with Crippen LogP contribution in [0.3, 0.4) is 0 Å². The molecule has 0 heterocycles. The highest BCUT2D eigenvalue weighted by molar-refractivity contribution is 6.42. The highest BCUT2D eigenvalue weighted by atomic mass is 35.5. The Morgan fingerprint density at radius 1 is 1.19 bits per heavy atom. The van der Waals surface area contributed by atoms with Gasteiger partial charge in [0.1, 0.15) is 11.9 Å². The summed E-state index contributed by atoms with van der Waals surface area (Å²) < 4.78 is 13.7. The van der Waals surface area contributed by atoms with E-state index in [0.29, 0.717) is 10.6 Å². The van der Waals surface area contributed by atoms with E-state index in [1.165, 1.54) is 24.3 Å². The number of halogens is 3. The predicted molar refractivity (Wildman–Crippen MR) is 100 cm³/mol. The van der Waals surface area contributed by atoms with Gasteiger partial charge in [-0.05, 0) is 54.8 Å². The summed E-state index contributed by atoms with van der Waals surface area (Å²) in [5.74, 6) is -2.32. The highest BCUT2D eigenvalue weighted by Gasteiger charge is 2.22. The van der Waals surface area contributed by atoms with Crippen LogP contribution < -0.4 is 5.32 Å². The molecule has 2 rings (SSSR count). The lowest BCUT2D eigenvalue weighted by molar-refractivity contribution is -0.139. The largest absolute Gasteiger partial charge is 0.480 e. The number of nitrogens with one attached hydrogen (secondary N) is 1. The van der Waals surface area contributed by atoms with Crippen LogP contribution >= 0.6 is 23.2 Å². The summed E-state index contributed by atoms with van der Waals surface area (Å²) in [6.45, 7) is 1.75. The molecule has 1 unspecified atom stereocenters. The maximum Gasteiger partial charge on any atom is 0.326 e. The van der Waals surface area contributed by atoms with Gasteiger partial charge in [0.2, 0.25) is 0 Å². The Balaban J connectivity index is 2.41. The van der Waals surface area contributed by atoms with Crippen LogP contribution in [-0.2, 0) is 4.79 Å². The number of amides is 1. The van der Waals surface area contributed by atoms with Crippen LogP contribution in [0.15, 0.2) is 48.6 Å². The number of hydrogen-bond donors (Lipinski definition) is 2. The van der Waals surface area contributed by atoms with Crippen molar-refractivity contribution < 1.29 is 19.1 Å². The van der Waals surface area contributed by atoms with Crippen LogP contribution in [-0.4, -0.2) is 23.0 Å². The number of carbonyl (C=O) groups excluding carboxylic acids is 1. The highest BCUT2D eigenvalue weighted by Crippen LogP contribution is 2.31. The van der Waals surface area contributed by atoms with Gasteiger partial charge in [0.15, 0.2) is 0 Å². The normalized spacial score (nSPS) is 12.2. The summed E-state index contributed by atoms with van der Waals surface area (Å²) in [6.07, 6.45) is 3.48. The van der Waals surface area contributed by atoms with E-state index in [1.807, 2.05) is 0 Å². The quantitative estimate of drug-likeness (QED) is 0.680. The van der Waals surface area contributed by atoms with Gasteiger partial charge in [-0.1, -0.05) is 41.4 Å². The van der Waals surface area contributed by atoms with Crippen molar-refractivity contribution >= 4 is 35.1 Å². The third-order valence-electron chi connectivity index (χ3n) is 3.67. The van der Waals surface area contributed by atoms with Gasteiger partial charge in [0.25, 0.3) is 5.91 Å². The number of carboxylic acid groups (broad SMARTS) is 1. The van der Waals surface area contributed by atoms with E-state index in [1.54, 1.807) is 25.1 Å². The van der Waals surface area contributed by atoms with E-state index < -0.39 is 23.7 Å². The minimum absolute atomic E-state index is 0.136. The SMILES string of the molecule is C/C=C/CC(NC(=O)c1ccc(F)cc1-c1ccc(Cl)c(Cl)c1)C(=O)O. The first-order chi connectivity index (χ1) is 12.3. The van der Waals surface area contributed by atoms with E-state index in [0.717, 1.165) is 6.07 Å². The number of rotatable bonds is 6. The first kappa shape index (κ1) is 19.9. The second-order valence-electron chi connectivity index (χ2n) is 5.49. The van der Waals surface area contributed by atoms with E-state index in [4.69, 9.17) is 23.2 Å². The van der Waals surface area contributed by atoms with E-state index >= 15 is 0 Å². The van der Waals surface area contributed by atoms with E-state index in [2.05, 4.69) is 5.32 Å². The summed E-state index contributed by atoms with van der Waals surface area (Å²) in [6, 6.07) is 7.20. The first-order valence-corrected chi connectivity index (χ1v) is 8.49. The second-order valence-corrected chi connectivity index (χ2v) is 6.30. The first-order valence-electron chi connectivity index (χ1n) is 7.73. The summed E-state index contributed by atoms with van der Waals surface area (Å²) in [7, 11) is 0. The van der Waals surface area contributed by atoms with Crippen molar-refractivity contribution in [3.8, 4) is 11.1 Å². The van der Waals surface area contributed by atoms with Crippen LogP contribution in [0.4, 0.5) is 4.39 Å². The Labute approximate surface area is 160 Å². The standard InChI is InChI=1S/C19H16Cl2FNO3/c1-2-3-4-17(19(25)26)23-18(24)13-7-6-12(22)10-14(13)11-5-8-15(20)16(21)9-11/h2-3,5-10,17H,4H2,1H3,(H,23,24)(H,25,26)/b3-2+. The van der Waals surface area contributed by atoms with E-state index in [9.17, 15) is 19.1 Å². The molecule has 0 aliphatic heterocycles. The lowest BCUT2D eigenvalue weighted by atomic mass is 9.98. The van der Waals surface area contributed by atoms with Crippen molar-refractivity contribution in [1.29, 1.82) is 0 Å². The molecule has 2 aromatic rings. The minimum Gasteiger partial charge on any atom is -0.480 e. The molecular formula is C19H16Cl2FNO3. The maximum absolute atomic E-state index is 13.7. The Morgan fingerprint density at radius 3 is 2.54 bits per heavy atom. The van der Waals surface area contributed by atoms with Crippen LogP contribution in [0.25, 0.3) is 11.1 Å². The van der Waals surface area contributed by atoms with Crippen molar-refractivity contribution in [1.82, 2.24) is 5.32 Å². The zero-order chi connectivity index (χ0) is 19.3. The van der Waals surface area contributed by atoms with Gasteiger partial charge in [0.05, 0.1) is 10.0 Å². The van der Waals surface area contributed by atoms with Crippen molar-refractivity contribution in [3.63, 3.8) is 0 Å². The van der Waals surface area contributed by atoms with E-state index in [-0.39, 0.29) is 22.6 Å². The Morgan fingerprint density at radius 2 is 1.92 bits per heavy atom. The van der Waals surface area contributed by atoms with Gasteiger partial charge in [-0.15, -0.1) is 0 Å². The molecule has 1 amide bonds. The third kappa shape index (κ3) is 4.84. The molecule has 2 aromatic carbocycles. The van der Waals surface area contributed by atoms with Crippen molar-refractivity contribution in [2.75, 3.05) is 0 Å². The van der Waals surface area contributed by atoms with Gasteiger partial charge >= 0.3 is 5.97 Å². The summed E-state index contributed by atoms with van der Waals surface area (Å²) in [5.41, 5.74) is 0.914. The van der Waals surface area contributed by atoms with Crippen LogP contribution in [0.1, 0.15) is 23.7 Å². The Hall–Kier alpha value is -2.37. The fourth-order valence-electron chi connectivity index (χ4n) is 2.35. The molecule has 0 spiro atoms. The maximum atomic E-state index is 13.7. The molecule has 26 heavy (non-hydrogen) atoms. The number of benzene rings is 2. The van der Waals surface area contributed by atoms with Crippen LogP contribution in [0, 0.1) is 5.82 Å². The molecular weight excluding hydrogens is 380 g/mol. The molecule has 0 aromatic heterocycles. The molecule has 136 valence electrons. The molecule has 0 saturated heterocycles. The van der Waals surface area contributed by atoms with Crippen molar-refractivity contribution in [2.45, 2.75) is 19.4 Å². The monoisotopic (exact) mass is 395 g/mol. The van der Waals surface area contributed by atoms with Crippen LogP contribution in [0.2, 0.25) is 10.0 Å². The lowest BCUT2D eigenvalue weighted by Crippen LogP contribution is -2.40. The van der Waals surface area contributed by atoms with Gasteiger partial charge < -0.3 is 10.4 Å². The molecule has 1 atom stereocenters. The van der Waals surface area contributed by atoms with Crippen LogP contribution in [0.5, 0.6) is 0 Å². The molecule has 0 aliphatic carbocycles. The third-order valence-corrected chi connectivity index (χ3v) is 4.41. The smallest absolute Gasteiger partial charge is 0.326 e. The number of allylic oxidation sites excluding steroid dienone is 1. The molecule has 0 fully saturated rings. The molecule has 0 saturated carbocycles. The fourth-order valence-corrected chi connectivity index (χ4v) is 2.64. The average molecular weight is 396 g/mol. The molecule has 2 N–H and O–H groups in total. The van der Waals surface area contributed by atoms with Gasteiger partial charge in [-0.2, -0.15) is 0 Å². The molecule has 0 radical (unpaired) electrons. The Bertz CT molecular complexity index is 868. The number of hydrogen-bond acceptors (Lipinski definition) is 2. The minimum atomic E-state index is -1.16. The zero-order valence-electron chi connectivity index (χ0n) is 13.8. The average Bonchev–Trinajstić information content (AvgIpc) is 2.60. The molecule has 0 aliphatic rings. The number of carboxylic acids is 1. The number of carbonyl (C=O) groups is 2. The van der Waals surface area contributed by atoms with Gasteiger partial charge in [-0.25, -0.2) is 9.18 Å². The summed E-state index contributed by atoms with van der Waals surface area (Å²) in [4.78, 5) is 23.9. The zero-order valence-corrected chi connectivity index (χ0v) is 15.3. The lowest BCUT2D eigenvalue weighted by Gasteiger charge is -2.15. The predicted octanol–water partition coefficient (Wildman–Crippen LogP) is 4.95. The topological polar surface area (TPSA) is 66.4 Å². The number of aliphatic carboxylic acids is 1. The van der Waals surface area contributed by atoms with Crippen molar-refractivity contribution in [3.05, 3.63) is 70.0 Å². The Kier molecular flexibility index (Phi) is 6.77. The summed E-state index contributed by atoms with van der Waals surface area (Å²) >= 11 is 11.9. The van der Waals surface area contributed by atoms with Gasteiger partial charge in [0, 0.05) is 5.56 Å². The molecule has 0 bridgehead atoms. The molecule has 7 heteroatoms. The fraction of sp³-hybridized carbons (Fsp3) is 0.158. The second kappa shape index (κ2) is 8.83. The van der Waals surface area contributed by atoms with Gasteiger partial charge in [-0.3, -0.25) is 4.79 Å². The molecule has 4 nitrogen and oxygen atoms in total. The van der Waals surface area contributed by atoms with Crippen molar-refractivity contribution in [2.24, 2.45) is 0 Å².